The quantitative estimate of drug-likeness (QED) is 0.774. The minimum absolute atomic E-state index is 0. The first kappa shape index (κ1) is 19.9. The number of hydrogen-bond donors (Lipinski definition) is 1. The third-order valence-corrected chi connectivity index (χ3v) is 5.12. The van der Waals surface area contributed by atoms with Gasteiger partial charge in [-0.3, -0.25) is 4.90 Å². The molecule has 0 atom stereocenters. The zero-order valence-electron chi connectivity index (χ0n) is 15.5. The van der Waals surface area contributed by atoms with Gasteiger partial charge in [-0.05, 0) is 45.0 Å². The Morgan fingerprint density at radius 2 is 2.11 bits per heavy atom. The Balaban J connectivity index is 0.00000210. The van der Waals surface area contributed by atoms with Crippen molar-refractivity contribution in [3.05, 3.63) is 35.3 Å². The zero-order chi connectivity index (χ0) is 17.9. The Morgan fingerprint density at radius 3 is 2.89 bits per heavy atom. The summed E-state index contributed by atoms with van der Waals surface area (Å²) in [5, 5.41) is 12.1. The van der Waals surface area contributed by atoms with Crippen molar-refractivity contribution >= 4 is 18.4 Å². The van der Waals surface area contributed by atoms with E-state index >= 15 is 0 Å². The van der Waals surface area contributed by atoms with Crippen LogP contribution in [0, 0.1) is 0 Å². The number of carbonyl (C=O) groups is 1. The number of esters is 1. The van der Waals surface area contributed by atoms with Crippen LogP contribution in [0.2, 0.25) is 0 Å². The summed E-state index contributed by atoms with van der Waals surface area (Å²) in [5.74, 6) is 3.35. The van der Waals surface area contributed by atoms with Crippen LogP contribution in [0.3, 0.4) is 0 Å². The maximum Gasteiger partial charge on any atom is 0.374 e. The summed E-state index contributed by atoms with van der Waals surface area (Å²) in [6, 6.07) is 3.55. The normalized spacial score (nSPS) is 18.0. The number of hydrogen-bond acceptors (Lipinski definition) is 7. The van der Waals surface area contributed by atoms with Crippen molar-refractivity contribution in [1.29, 1.82) is 0 Å². The smallest absolute Gasteiger partial charge is 0.374 e. The third kappa shape index (κ3) is 4.34. The lowest BCUT2D eigenvalue weighted by Gasteiger charge is -2.31. The number of ether oxygens (including phenoxy) is 1. The van der Waals surface area contributed by atoms with Crippen LogP contribution < -0.4 is 5.32 Å². The maximum atomic E-state index is 11.7. The molecule has 148 valence electrons. The number of carbonyl (C=O) groups excluding carboxylic acids is 1. The number of nitrogens with zero attached hydrogens (tertiary/aromatic N) is 4. The molecule has 0 amide bonds. The van der Waals surface area contributed by atoms with E-state index in [0.29, 0.717) is 19.1 Å². The second kappa shape index (κ2) is 8.86. The van der Waals surface area contributed by atoms with Crippen LogP contribution in [0.5, 0.6) is 0 Å². The van der Waals surface area contributed by atoms with Crippen molar-refractivity contribution in [3.8, 4) is 0 Å². The molecule has 4 heterocycles. The fraction of sp³-hybridized carbons (Fsp3) is 0.611. The van der Waals surface area contributed by atoms with Crippen molar-refractivity contribution in [2.24, 2.45) is 0 Å². The molecule has 0 aromatic carbocycles. The summed E-state index contributed by atoms with van der Waals surface area (Å²) in [6.07, 6.45) is 2.13. The van der Waals surface area contributed by atoms with Crippen molar-refractivity contribution < 1.29 is 13.9 Å². The number of halogens is 1. The summed E-state index contributed by atoms with van der Waals surface area (Å²) < 4.78 is 12.9. The predicted molar refractivity (Wildman–Crippen MR) is 101 cm³/mol. The highest BCUT2D eigenvalue weighted by molar-refractivity contribution is 5.86. The van der Waals surface area contributed by atoms with E-state index in [4.69, 9.17) is 9.15 Å². The highest BCUT2D eigenvalue weighted by atomic mass is 35.5. The standard InChI is InChI=1S/C18H25N5O3.ClH/c1-2-25-18(24)15-4-3-14(26-15)12-22-8-5-13(6-9-22)17-21-20-16-11-19-7-10-23(16)17;/h3-4,13,19H,2,5-12H2,1H3;1H. The van der Waals surface area contributed by atoms with Crippen LogP contribution in [-0.4, -0.2) is 51.9 Å². The molecule has 0 saturated carbocycles. The highest BCUT2D eigenvalue weighted by Crippen LogP contribution is 2.28. The number of rotatable bonds is 5. The summed E-state index contributed by atoms with van der Waals surface area (Å²) in [5.41, 5.74) is 0. The van der Waals surface area contributed by atoms with Crippen LogP contribution in [0.1, 0.15) is 53.6 Å². The Labute approximate surface area is 164 Å². The topological polar surface area (TPSA) is 85.4 Å². The molecule has 27 heavy (non-hydrogen) atoms. The predicted octanol–water partition coefficient (Wildman–Crippen LogP) is 1.95. The van der Waals surface area contributed by atoms with Gasteiger partial charge in [0.05, 0.1) is 19.7 Å². The molecule has 1 saturated heterocycles. The van der Waals surface area contributed by atoms with Gasteiger partial charge in [0.15, 0.2) is 0 Å². The number of furan rings is 1. The SMILES string of the molecule is CCOC(=O)c1ccc(CN2CCC(c3nnc4n3CCNC4)CC2)o1.Cl. The Morgan fingerprint density at radius 1 is 1.30 bits per heavy atom. The minimum Gasteiger partial charge on any atom is -0.460 e. The van der Waals surface area contributed by atoms with Crippen LogP contribution in [0.15, 0.2) is 16.5 Å². The molecule has 2 aromatic rings. The first-order chi connectivity index (χ1) is 12.7. The molecule has 0 unspecified atom stereocenters. The maximum absolute atomic E-state index is 11.7. The summed E-state index contributed by atoms with van der Waals surface area (Å²) in [6.45, 7) is 7.58. The second-order valence-electron chi connectivity index (χ2n) is 6.84. The van der Waals surface area contributed by atoms with Gasteiger partial charge in [0, 0.05) is 19.0 Å². The molecular formula is C18H26ClN5O3. The zero-order valence-corrected chi connectivity index (χ0v) is 16.3. The molecule has 1 fully saturated rings. The molecule has 9 heteroatoms. The van der Waals surface area contributed by atoms with E-state index in [1.807, 2.05) is 6.07 Å². The Bertz CT molecular complexity index is 767. The van der Waals surface area contributed by atoms with E-state index in [9.17, 15) is 4.79 Å². The van der Waals surface area contributed by atoms with Crippen molar-refractivity contribution in [1.82, 2.24) is 25.0 Å². The van der Waals surface area contributed by atoms with E-state index < -0.39 is 5.97 Å². The summed E-state index contributed by atoms with van der Waals surface area (Å²) in [4.78, 5) is 14.1. The average Bonchev–Trinajstić information content (AvgIpc) is 3.30. The molecule has 0 aliphatic carbocycles. The molecule has 2 aromatic heterocycles. The first-order valence-corrected chi connectivity index (χ1v) is 9.35. The van der Waals surface area contributed by atoms with E-state index in [1.54, 1.807) is 13.0 Å². The van der Waals surface area contributed by atoms with Crippen molar-refractivity contribution in [2.75, 3.05) is 26.2 Å². The van der Waals surface area contributed by atoms with Gasteiger partial charge in [-0.15, -0.1) is 22.6 Å². The van der Waals surface area contributed by atoms with Gasteiger partial charge in [0.25, 0.3) is 0 Å². The lowest BCUT2D eigenvalue weighted by molar-refractivity contribution is 0.0485. The monoisotopic (exact) mass is 395 g/mol. The van der Waals surface area contributed by atoms with Gasteiger partial charge >= 0.3 is 5.97 Å². The summed E-state index contributed by atoms with van der Waals surface area (Å²) >= 11 is 0. The molecular weight excluding hydrogens is 370 g/mol. The van der Waals surface area contributed by atoms with Crippen LogP contribution in [-0.2, 0) is 24.4 Å². The highest BCUT2D eigenvalue weighted by Gasteiger charge is 2.27. The van der Waals surface area contributed by atoms with Gasteiger partial charge in [-0.25, -0.2) is 4.79 Å². The minimum atomic E-state index is -0.400. The number of piperidine rings is 1. The number of fused-ring (bicyclic) bond motifs is 1. The van der Waals surface area contributed by atoms with Gasteiger partial charge in [-0.1, -0.05) is 0 Å². The number of likely N-dealkylation sites (tertiary alicyclic amines) is 1. The van der Waals surface area contributed by atoms with Gasteiger partial charge < -0.3 is 19.0 Å². The Kier molecular flexibility index (Phi) is 6.51. The van der Waals surface area contributed by atoms with Gasteiger partial charge in [0.1, 0.15) is 17.4 Å². The largest absolute Gasteiger partial charge is 0.460 e. The third-order valence-electron chi connectivity index (χ3n) is 5.12. The van der Waals surface area contributed by atoms with Crippen LogP contribution in [0.25, 0.3) is 0 Å². The van der Waals surface area contributed by atoms with Crippen molar-refractivity contribution in [3.63, 3.8) is 0 Å². The fourth-order valence-corrected chi connectivity index (χ4v) is 3.76. The lowest BCUT2D eigenvalue weighted by atomic mass is 9.95. The molecule has 4 rings (SSSR count). The average molecular weight is 396 g/mol. The van der Waals surface area contributed by atoms with Crippen molar-refractivity contribution in [2.45, 2.75) is 45.3 Å². The van der Waals surface area contributed by atoms with Crippen LogP contribution >= 0.6 is 12.4 Å². The fourth-order valence-electron chi connectivity index (χ4n) is 3.76. The molecule has 0 bridgehead atoms. The van der Waals surface area contributed by atoms with E-state index in [0.717, 1.165) is 63.0 Å². The van der Waals surface area contributed by atoms with E-state index in [2.05, 4.69) is 25.0 Å². The molecule has 1 N–H and O–H groups in total. The Hall–Kier alpha value is -1.90. The molecule has 0 radical (unpaired) electrons. The molecule has 8 nitrogen and oxygen atoms in total. The van der Waals surface area contributed by atoms with Gasteiger partial charge in [0.2, 0.25) is 5.76 Å². The molecule has 0 spiro atoms. The molecule has 2 aliphatic rings. The number of aromatic nitrogens is 3. The second-order valence-corrected chi connectivity index (χ2v) is 6.84. The van der Waals surface area contributed by atoms with Crippen LogP contribution in [0.4, 0.5) is 0 Å². The van der Waals surface area contributed by atoms with Gasteiger partial charge in [-0.2, -0.15) is 0 Å². The first-order valence-electron chi connectivity index (χ1n) is 9.35. The molecule has 2 aliphatic heterocycles. The summed E-state index contributed by atoms with van der Waals surface area (Å²) in [7, 11) is 0. The lowest BCUT2D eigenvalue weighted by Crippen LogP contribution is -2.34. The van der Waals surface area contributed by atoms with E-state index in [-0.39, 0.29) is 18.2 Å². The van der Waals surface area contributed by atoms with E-state index in [1.165, 1.54) is 0 Å². The number of nitrogens with one attached hydrogen (secondary N) is 1.